The summed E-state index contributed by atoms with van der Waals surface area (Å²) in [5.41, 5.74) is 1.20. The zero-order chi connectivity index (χ0) is 17.5. The van der Waals surface area contributed by atoms with Crippen LogP contribution in [0, 0.1) is 0 Å². The molecule has 8 heteroatoms. The van der Waals surface area contributed by atoms with Crippen LogP contribution in [0.1, 0.15) is 28.7 Å². The largest absolute Gasteiger partial charge is 0.495 e. The molecular weight excluding hydrogens is 350 g/mol. The summed E-state index contributed by atoms with van der Waals surface area (Å²) in [5.74, 6) is 1.41. The van der Waals surface area contributed by atoms with E-state index in [1.54, 1.807) is 26.2 Å². The Kier molecular flexibility index (Phi) is 6.69. The maximum atomic E-state index is 12.0. The lowest BCUT2D eigenvalue weighted by atomic mass is 10.2. The van der Waals surface area contributed by atoms with Crippen LogP contribution in [0.3, 0.4) is 0 Å². The van der Waals surface area contributed by atoms with Crippen LogP contribution < -0.4 is 10.1 Å². The third kappa shape index (κ3) is 4.52. The Morgan fingerprint density at radius 1 is 1.42 bits per heavy atom. The van der Waals surface area contributed by atoms with Crippen molar-refractivity contribution in [3.63, 3.8) is 0 Å². The van der Waals surface area contributed by atoms with Crippen LogP contribution in [-0.4, -0.2) is 29.7 Å². The highest BCUT2D eigenvalue weighted by Crippen LogP contribution is 2.25. The number of benzene rings is 1. The van der Waals surface area contributed by atoms with Gasteiger partial charge in [-0.15, -0.1) is 0 Å². The molecule has 0 radical (unpaired) electrons. The van der Waals surface area contributed by atoms with E-state index in [9.17, 15) is 4.79 Å². The van der Waals surface area contributed by atoms with Gasteiger partial charge in [0.15, 0.2) is 0 Å². The summed E-state index contributed by atoms with van der Waals surface area (Å²) < 4.78 is 10.2. The molecule has 0 saturated heterocycles. The molecule has 0 amide bonds. The molecule has 1 aromatic carbocycles. The lowest BCUT2D eigenvalue weighted by Gasteiger charge is -2.12. The smallest absolute Gasteiger partial charge is 0.343 e. The number of ether oxygens (including phenoxy) is 2. The molecule has 1 heterocycles. The van der Waals surface area contributed by atoms with Crippen molar-refractivity contribution in [3.05, 3.63) is 46.4 Å². The van der Waals surface area contributed by atoms with Gasteiger partial charge in [0.05, 0.1) is 24.5 Å². The van der Waals surface area contributed by atoms with Gasteiger partial charge >= 0.3 is 5.97 Å². The van der Waals surface area contributed by atoms with Crippen molar-refractivity contribution < 1.29 is 14.3 Å². The number of thiol groups is 1. The minimum absolute atomic E-state index is 0.278. The number of nitrogens with one attached hydrogen (secondary N) is 1. The van der Waals surface area contributed by atoms with Gasteiger partial charge < -0.3 is 14.8 Å². The molecule has 0 fully saturated rings. The second-order valence-corrected chi connectivity index (χ2v) is 5.47. The van der Waals surface area contributed by atoms with Gasteiger partial charge in [-0.25, -0.2) is 14.8 Å². The Labute approximate surface area is 151 Å². The molecule has 6 nitrogen and oxygen atoms in total. The van der Waals surface area contributed by atoms with E-state index in [4.69, 9.17) is 21.1 Å². The van der Waals surface area contributed by atoms with E-state index in [1.807, 2.05) is 6.07 Å². The number of hydrogen-bond donors (Lipinski definition) is 2. The third-order valence-electron chi connectivity index (χ3n) is 3.15. The second-order valence-electron chi connectivity index (χ2n) is 4.75. The molecule has 24 heavy (non-hydrogen) atoms. The molecule has 0 aliphatic carbocycles. The minimum atomic E-state index is -0.474. The Morgan fingerprint density at radius 3 is 2.83 bits per heavy atom. The van der Waals surface area contributed by atoms with Crippen molar-refractivity contribution in [2.24, 2.45) is 0 Å². The number of anilines is 1. The van der Waals surface area contributed by atoms with Crippen LogP contribution in [0.2, 0.25) is 5.02 Å². The molecule has 0 aliphatic rings. The number of halogens is 1. The van der Waals surface area contributed by atoms with E-state index in [-0.39, 0.29) is 12.2 Å². The Hall–Kier alpha value is -1.99. The molecule has 1 aromatic heterocycles. The number of nitrogens with zero attached hydrogens (tertiary/aromatic N) is 2. The minimum Gasteiger partial charge on any atom is -0.495 e. The van der Waals surface area contributed by atoms with Crippen LogP contribution in [0.15, 0.2) is 24.4 Å². The average molecular weight is 368 g/mol. The average Bonchev–Trinajstić information content (AvgIpc) is 2.60. The number of rotatable bonds is 7. The second kappa shape index (κ2) is 8.75. The summed E-state index contributed by atoms with van der Waals surface area (Å²) in [6, 6.07) is 5.45. The number of carbonyl (C=O) groups is 1. The standard InChI is InChI=1S/C16H18ClN3O3S/c1-3-23-16(21)11-8-18-14(9-24)20-15(11)19-7-10-4-5-13(22-2)12(17)6-10/h4-6,8,24H,3,7,9H2,1-2H3,(H,18,19,20). The topological polar surface area (TPSA) is 73.3 Å². The summed E-state index contributed by atoms with van der Waals surface area (Å²) in [5, 5.41) is 3.64. The zero-order valence-corrected chi connectivity index (χ0v) is 15.0. The predicted molar refractivity (Wildman–Crippen MR) is 96.0 cm³/mol. The summed E-state index contributed by atoms with van der Waals surface area (Å²) in [6.07, 6.45) is 1.44. The number of esters is 1. The van der Waals surface area contributed by atoms with Crippen LogP contribution in [0.5, 0.6) is 5.75 Å². The van der Waals surface area contributed by atoms with Crippen molar-refractivity contribution in [2.45, 2.75) is 19.2 Å². The van der Waals surface area contributed by atoms with Crippen LogP contribution in [0.4, 0.5) is 5.82 Å². The monoisotopic (exact) mass is 367 g/mol. The fraction of sp³-hybridized carbons (Fsp3) is 0.312. The van der Waals surface area contributed by atoms with Crippen LogP contribution in [0.25, 0.3) is 0 Å². The first kappa shape index (κ1) is 18.4. The molecule has 0 unspecified atom stereocenters. The Bertz CT molecular complexity index is 728. The zero-order valence-electron chi connectivity index (χ0n) is 13.4. The first-order chi connectivity index (χ1) is 11.6. The van der Waals surface area contributed by atoms with Gasteiger partial charge in [0, 0.05) is 12.7 Å². The van der Waals surface area contributed by atoms with E-state index in [0.717, 1.165) is 5.56 Å². The summed E-state index contributed by atoms with van der Waals surface area (Å²) in [6.45, 7) is 2.45. The molecule has 0 saturated carbocycles. The predicted octanol–water partition coefficient (Wildman–Crippen LogP) is 3.36. The van der Waals surface area contributed by atoms with Gasteiger partial charge in [0.1, 0.15) is 23.0 Å². The number of aromatic nitrogens is 2. The fourth-order valence-electron chi connectivity index (χ4n) is 1.99. The quantitative estimate of drug-likeness (QED) is 0.577. The highest BCUT2D eigenvalue weighted by molar-refractivity contribution is 7.79. The molecule has 0 spiro atoms. The van der Waals surface area contributed by atoms with E-state index < -0.39 is 5.97 Å². The van der Waals surface area contributed by atoms with Crippen molar-refractivity contribution in [2.75, 3.05) is 19.0 Å². The fourth-order valence-corrected chi connectivity index (χ4v) is 2.43. The van der Waals surface area contributed by atoms with Gasteiger partial charge in [-0.05, 0) is 24.6 Å². The first-order valence-corrected chi connectivity index (χ1v) is 8.30. The van der Waals surface area contributed by atoms with Crippen molar-refractivity contribution in [1.82, 2.24) is 9.97 Å². The number of methoxy groups -OCH3 is 1. The van der Waals surface area contributed by atoms with Crippen molar-refractivity contribution in [3.8, 4) is 5.75 Å². The molecule has 2 aromatic rings. The molecule has 0 bridgehead atoms. The molecule has 128 valence electrons. The van der Waals surface area contributed by atoms with E-state index >= 15 is 0 Å². The summed E-state index contributed by atoms with van der Waals surface area (Å²) >= 11 is 10.3. The molecule has 0 aliphatic heterocycles. The highest BCUT2D eigenvalue weighted by Gasteiger charge is 2.15. The summed E-state index contributed by atoms with van der Waals surface area (Å²) in [7, 11) is 1.56. The van der Waals surface area contributed by atoms with Gasteiger partial charge in [-0.1, -0.05) is 17.7 Å². The van der Waals surface area contributed by atoms with E-state index in [1.165, 1.54) is 6.20 Å². The number of carbonyl (C=O) groups excluding carboxylic acids is 1. The normalized spacial score (nSPS) is 10.3. The molecule has 0 atom stereocenters. The van der Waals surface area contributed by atoms with Gasteiger partial charge in [-0.2, -0.15) is 12.6 Å². The summed E-state index contributed by atoms with van der Waals surface area (Å²) in [4.78, 5) is 20.4. The van der Waals surface area contributed by atoms with Gasteiger partial charge in [0.25, 0.3) is 0 Å². The lowest BCUT2D eigenvalue weighted by molar-refractivity contribution is 0.0526. The number of hydrogen-bond acceptors (Lipinski definition) is 7. The molecule has 2 rings (SSSR count). The van der Waals surface area contributed by atoms with Crippen molar-refractivity contribution in [1.29, 1.82) is 0 Å². The highest BCUT2D eigenvalue weighted by atomic mass is 35.5. The third-order valence-corrected chi connectivity index (χ3v) is 3.73. The Morgan fingerprint density at radius 2 is 2.21 bits per heavy atom. The van der Waals surface area contributed by atoms with Gasteiger partial charge in [-0.3, -0.25) is 0 Å². The molecular formula is C16H18ClN3O3S. The van der Waals surface area contributed by atoms with Crippen molar-refractivity contribution >= 4 is 36.0 Å². The maximum Gasteiger partial charge on any atom is 0.343 e. The van der Waals surface area contributed by atoms with Gasteiger partial charge in [0.2, 0.25) is 0 Å². The molecule has 1 N–H and O–H groups in total. The van der Waals surface area contributed by atoms with Crippen LogP contribution in [-0.2, 0) is 17.0 Å². The van der Waals surface area contributed by atoms with Crippen LogP contribution >= 0.6 is 24.2 Å². The van der Waals surface area contributed by atoms with E-state index in [2.05, 4.69) is 27.9 Å². The maximum absolute atomic E-state index is 12.0. The SMILES string of the molecule is CCOC(=O)c1cnc(CS)nc1NCc1ccc(OC)c(Cl)c1. The Balaban J connectivity index is 2.21. The van der Waals surface area contributed by atoms with E-state index in [0.29, 0.717) is 34.7 Å². The lowest BCUT2D eigenvalue weighted by Crippen LogP contribution is -2.13. The first-order valence-electron chi connectivity index (χ1n) is 7.29.